The van der Waals surface area contributed by atoms with Gasteiger partial charge in [-0.1, -0.05) is 26.0 Å². The SMILES string of the molecule is COc1ccc(CCNC(C)CC(C)C)cc1. The van der Waals surface area contributed by atoms with Gasteiger partial charge in [-0.25, -0.2) is 0 Å². The zero-order chi connectivity index (χ0) is 12.7. The number of nitrogens with one attached hydrogen (secondary N) is 1. The molecule has 0 radical (unpaired) electrons. The van der Waals surface area contributed by atoms with Gasteiger partial charge < -0.3 is 10.1 Å². The summed E-state index contributed by atoms with van der Waals surface area (Å²) in [5.41, 5.74) is 1.36. The molecule has 96 valence electrons. The number of hydrogen-bond acceptors (Lipinski definition) is 2. The summed E-state index contributed by atoms with van der Waals surface area (Å²) in [7, 11) is 1.70. The van der Waals surface area contributed by atoms with Crippen molar-refractivity contribution >= 4 is 0 Å². The third kappa shape index (κ3) is 5.73. The third-order valence-electron chi connectivity index (χ3n) is 2.89. The van der Waals surface area contributed by atoms with Gasteiger partial charge in [-0.15, -0.1) is 0 Å². The van der Waals surface area contributed by atoms with Crippen LogP contribution in [0.4, 0.5) is 0 Å². The second-order valence-corrected chi connectivity index (χ2v) is 5.08. The zero-order valence-corrected chi connectivity index (χ0v) is 11.5. The number of methoxy groups -OCH3 is 1. The van der Waals surface area contributed by atoms with Crippen molar-refractivity contribution in [2.75, 3.05) is 13.7 Å². The average Bonchev–Trinajstić information content (AvgIpc) is 2.29. The largest absolute Gasteiger partial charge is 0.497 e. The van der Waals surface area contributed by atoms with Crippen LogP contribution in [0.2, 0.25) is 0 Å². The lowest BCUT2D eigenvalue weighted by Gasteiger charge is -2.15. The summed E-state index contributed by atoms with van der Waals surface area (Å²) in [5, 5.41) is 3.56. The fourth-order valence-corrected chi connectivity index (χ4v) is 2.05. The van der Waals surface area contributed by atoms with Gasteiger partial charge >= 0.3 is 0 Å². The molecule has 0 fully saturated rings. The molecule has 1 aromatic rings. The molecule has 17 heavy (non-hydrogen) atoms. The van der Waals surface area contributed by atoms with Crippen LogP contribution in [0.25, 0.3) is 0 Å². The maximum absolute atomic E-state index is 5.14. The standard InChI is InChI=1S/C15H25NO/c1-12(2)11-13(3)16-10-9-14-5-7-15(17-4)8-6-14/h5-8,12-13,16H,9-11H2,1-4H3. The minimum atomic E-state index is 0.605. The molecule has 0 spiro atoms. The Morgan fingerprint density at radius 3 is 2.29 bits per heavy atom. The Morgan fingerprint density at radius 1 is 1.12 bits per heavy atom. The van der Waals surface area contributed by atoms with Gasteiger partial charge in [-0.3, -0.25) is 0 Å². The molecule has 0 aliphatic heterocycles. The van der Waals surface area contributed by atoms with E-state index in [0.717, 1.165) is 24.6 Å². The molecule has 0 saturated carbocycles. The molecule has 0 saturated heterocycles. The Morgan fingerprint density at radius 2 is 1.76 bits per heavy atom. The molecule has 1 rings (SSSR count). The number of rotatable bonds is 7. The zero-order valence-electron chi connectivity index (χ0n) is 11.5. The van der Waals surface area contributed by atoms with E-state index in [2.05, 4.69) is 38.2 Å². The minimum absolute atomic E-state index is 0.605. The molecule has 2 heteroatoms. The molecule has 0 aliphatic carbocycles. The minimum Gasteiger partial charge on any atom is -0.497 e. The molecule has 1 unspecified atom stereocenters. The van der Waals surface area contributed by atoms with Crippen LogP contribution >= 0.6 is 0 Å². The predicted octanol–water partition coefficient (Wildman–Crippen LogP) is 3.26. The maximum Gasteiger partial charge on any atom is 0.118 e. The van der Waals surface area contributed by atoms with Gasteiger partial charge in [-0.2, -0.15) is 0 Å². The van der Waals surface area contributed by atoms with E-state index in [0.29, 0.717) is 6.04 Å². The van der Waals surface area contributed by atoms with E-state index in [1.165, 1.54) is 12.0 Å². The molecule has 2 nitrogen and oxygen atoms in total. The molecular formula is C15H25NO. The average molecular weight is 235 g/mol. The maximum atomic E-state index is 5.14. The highest BCUT2D eigenvalue weighted by Crippen LogP contribution is 2.11. The Bertz CT molecular complexity index is 305. The topological polar surface area (TPSA) is 21.3 Å². The first kappa shape index (κ1) is 14.0. The van der Waals surface area contributed by atoms with E-state index < -0.39 is 0 Å². The lowest BCUT2D eigenvalue weighted by atomic mass is 10.0. The van der Waals surface area contributed by atoms with E-state index in [4.69, 9.17) is 4.74 Å². The van der Waals surface area contributed by atoms with Gasteiger partial charge in [0.2, 0.25) is 0 Å². The smallest absolute Gasteiger partial charge is 0.118 e. The molecule has 0 aliphatic rings. The number of ether oxygens (including phenoxy) is 1. The van der Waals surface area contributed by atoms with Gasteiger partial charge in [0.1, 0.15) is 5.75 Å². The summed E-state index contributed by atoms with van der Waals surface area (Å²) < 4.78 is 5.14. The Kier molecular flexibility index (Phi) is 6.06. The van der Waals surface area contributed by atoms with Gasteiger partial charge in [0.05, 0.1) is 7.11 Å². The van der Waals surface area contributed by atoms with Crippen LogP contribution < -0.4 is 10.1 Å². The summed E-state index contributed by atoms with van der Waals surface area (Å²) >= 11 is 0. The van der Waals surface area contributed by atoms with E-state index in [1.54, 1.807) is 7.11 Å². The van der Waals surface area contributed by atoms with Crippen molar-refractivity contribution in [3.05, 3.63) is 29.8 Å². The van der Waals surface area contributed by atoms with Crippen LogP contribution in [-0.2, 0) is 6.42 Å². The van der Waals surface area contributed by atoms with Crippen molar-refractivity contribution in [1.82, 2.24) is 5.32 Å². The number of benzene rings is 1. The van der Waals surface area contributed by atoms with Crippen molar-refractivity contribution in [2.24, 2.45) is 5.92 Å². The third-order valence-corrected chi connectivity index (χ3v) is 2.89. The second kappa shape index (κ2) is 7.33. The van der Waals surface area contributed by atoms with Crippen molar-refractivity contribution in [3.8, 4) is 5.75 Å². The first-order valence-electron chi connectivity index (χ1n) is 6.48. The van der Waals surface area contributed by atoms with Crippen LogP contribution in [0, 0.1) is 5.92 Å². The fraction of sp³-hybridized carbons (Fsp3) is 0.600. The second-order valence-electron chi connectivity index (χ2n) is 5.08. The quantitative estimate of drug-likeness (QED) is 0.783. The van der Waals surface area contributed by atoms with Crippen LogP contribution in [0.3, 0.4) is 0 Å². The van der Waals surface area contributed by atoms with Gasteiger partial charge in [-0.05, 0) is 49.9 Å². The van der Waals surface area contributed by atoms with Gasteiger partial charge in [0.15, 0.2) is 0 Å². The lowest BCUT2D eigenvalue weighted by Crippen LogP contribution is -2.29. The monoisotopic (exact) mass is 235 g/mol. The van der Waals surface area contributed by atoms with Crippen molar-refractivity contribution < 1.29 is 4.74 Å². The summed E-state index contributed by atoms with van der Waals surface area (Å²) in [6.45, 7) is 7.83. The Balaban J connectivity index is 2.25. The van der Waals surface area contributed by atoms with E-state index in [-0.39, 0.29) is 0 Å². The molecule has 0 amide bonds. The molecule has 0 aromatic heterocycles. The number of hydrogen-bond donors (Lipinski definition) is 1. The molecular weight excluding hydrogens is 210 g/mol. The summed E-state index contributed by atoms with van der Waals surface area (Å²) in [6, 6.07) is 8.91. The predicted molar refractivity (Wildman–Crippen MR) is 73.6 cm³/mol. The lowest BCUT2D eigenvalue weighted by molar-refractivity contribution is 0.414. The van der Waals surface area contributed by atoms with E-state index >= 15 is 0 Å². The van der Waals surface area contributed by atoms with Crippen LogP contribution in [-0.4, -0.2) is 19.7 Å². The first-order valence-corrected chi connectivity index (χ1v) is 6.48. The Hall–Kier alpha value is -1.02. The van der Waals surface area contributed by atoms with Crippen molar-refractivity contribution in [1.29, 1.82) is 0 Å². The molecule has 1 N–H and O–H groups in total. The molecule has 0 heterocycles. The first-order chi connectivity index (χ1) is 8.11. The molecule has 1 aromatic carbocycles. The molecule has 1 atom stereocenters. The summed E-state index contributed by atoms with van der Waals surface area (Å²) in [6.07, 6.45) is 2.31. The molecule has 0 bridgehead atoms. The van der Waals surface area contributed by atoms with Crippen LogP contribution in [0.1, 0.15) is 32.8 Å². The van der Waals surface area contributed by atoms with E-state index in [9.17, 15) is 0 Å². The van der Waals surface area contributed by atoms with Crippen LogP contribution in [0.15, 0.2) is 24.3 Å². The van der Waals surface area contributed by atoms with Crippen LogP contribution in [0.5, 0.6) is 5.75 Å². The van der Waals surface area contributed by atoms with Crippen molar-refractivity contribution in [2.45, 2.75) is 39.7 Å². The summed E-state index contributed by atoms with van der Waals surface area (Å²) in [4.78, 5) is 0. The highest BCUT2D eigenvalue weighted by Gasteiger charge is 2.03. The van der Waals surface area contributed by atoms with Gasteiger partial charge in [0.25, 0.3) is 0 Å². The highest BCUT2D eigenvalue weighted by atomic mass is 16.5. The highest BCUT2D eigenvalue weighted by molar-refractivity contribution is 5.27. The fourth-order valence-electron chi connectivity index (χ4n) is 2.05. The van der Waals surface area contributed by atoms with E-state index in [1.807, 2.05) is 12.1 Å². The van der Waals surface area contributed by atoms with Gasteiger partial charge in [0, 0.05) is 6.04 Å². The van der Waals surface area contributed by atoms with Crippen molar-refractivity contribution in [3.63, 3.8) is 0 Å². The Labute approximate surface area is 105 Å². The summed E-state index contributed by atoms with van der Waals surface area (Å²) in [5.74, 6) is 1.69. The normalized spacial score (nSPS) is 12.8.